The minimum Gasteiger partial charge on any atom is -0.366 e. The van der Waals surface area contributed by atoms with Crippen LogP contribution in [0.2, 0.25) is 0 Å². The highest BCUT2D eigenvalue weighted by Gasteiger charge is 2.14. The first kappa shape index (κ1) is 14.3. The molecule has 0 bridgehead atoms. The van der Waals surface area contributed by atoms with Gasteiger partial charge in [0, 0.05) is 6.07 Å². The summed E-state index contributed by atoms with van der Waals surface area (Å²) >= 11 is 0. The second kappa shape index (κ2) is 6.39. The van der Waals surface area contributed by atoms with Crippen molar-refractivity contribution in [1.82, 2.24) is 0 Å². The molecule has 4 heteroatoms. The number of benzene rings is 2. The third kappa shape index (κ3) is 3.48. The number of ether oxygens (including phenoxy) is 1. The molecule has 0 aromatic heterocycles. The van der Waals surface area contributed by atoms with E-state index in [1.807, 2.05) is 37.3 Å². The van der Waals surface area contributed by atoms with Crippen molar-refractivity contribution in [3.8, 4) is 0 Å². The Morgan fingerprint density at radius 2 is 1.85 bits per heavy atom. The van der Waals surface area contributed by atoms with E-state index in [0.717, 1.165) is 17.7 Å². The van der Waals surface area contributed by atoms with Crippen LogP contribution in [0.15, 0.2) is 48.5 Å². The van der Waals surface area contributed by atoms with E-state index in [1.165, 1.54) is 0 Å². The first-order valence-corrected chi connectivity index (χ1v) is 6.22. The zero-order valence-corrected chi connectivity index (χ0v) is 11.0. The van der Waals surface area contributed by atoms with Crippen LogP contribution in [0.4, 0.5) is 8.78 Å². The molecule has 1 unspecified atom stereocenters. The minimum atomic E-state index is -0.869. The van der Waals surface area contributed by atoms with Crippen molar-refractivity contribution in [3.63, 3.8) is 0 Å². The van der Waals surface area contributed by atoms with E-state index in [2.05, 4.69) is 0 Å². The van der Waals surface area contributed by atoms with Gasteiger partial charge in [-0.3, -0.25) is 4.79 Å². The number of hydrogen-bond donors (Lipinski definition) is 0. The molecule has 2 nitrogen and oxygen atoms in total. The van der Waals surface area contributed by atoms with Gasteiger partial charge in [-0.05, 0) is 24.6 Å². The maximum atomic E-state index is 13.4. The van der Waals surface area contributed by atoms with E-state index in [4.69, 9.17) is 4.74 Å². The third-order valence-corrected chi connectivity index (χ3v) is 2.96. The molecular formula is C16H14F2O2. The van der Waals surface area contributed by atoms with Gasteiger partial charge >= 0.3 is 0 Å². The molecule has 0 heterocycles. The van der Waals surface area contributed by atoms with Gasteiger partial charge in [0.25, 0.3) is 0 Å². The molecule has 0 radical (unpaired) electrons. The number of hydrogen-bond acceptors (Lipinski definition) is 2. The zero-order chi connectivity index (χ0) is 14.5. The first-order chi connectivity index (χ1) is 9.58. The van der Waals surface area contributed by atoms with Crippen LogP contribution in [0.3, 0.4) is 0 Å². The lowest BCUT2D eigenvalue weighted by molar-refractivity contribution is 0.0518. The fraction of sp³-hybridized carbons (Fsp3) is 0.188. The summed E-state index contributed by atoms with van der Waals surface area (Å²) in [4.78, 5) is 11.8. The number of carbonyl (C=O) groups is 1. The summed E-state index contributed by atoms with van der Waals surface area (Å²) in [7, 11) is 0. The van der Waals surface area contributed by atoms with Crippen molar-refractivity contribution < 1.29 is 18.3 Å². The molecule has 0 spiro atoms. The van der Waals surface area contributed by atoms with E-state index in [0.29, 0.717) is 6.07 Å². The van der Waals surface area contributed by atoms with Gasteiger partial charge in [0.15, 0.2) is 5.78 Å². The topological polar surface area (TPSA) is 26.3 Å². The van der Waals surface area contributed by atoms with Gasteiger partial charge in [0.1, 0.15) is 18.2 Å². The second-order valence-electron chi connectivity index (χ2n) is 4.41. The predicted octanol–water partition coefficient (Wildman–Crippen LogP) is 3.93. The Labute approximate surface area is 116 Å². The molecule has 0 aliphatic heterocycles. The fourth-order valence-corrected chi connectivity index (χ4v) is 1.81. The van der Waals surface area contributed by atoms with Gasteiger partial charge in [0.05, 0.1) is 11.7 Å². The van der Waals surface area contributed by atoms with Gasteiger partial charge in [-0.15, -0.1) is 0 Å². The second-order valence-corrected chi connectivity index (χ2v) is 4.41. The Morgan fingerprint density at radius 3 is 2.50 bits per heavy atom. The molecule has 1 atom stereocenters. The van der Waals surface area contributed by atoms with Gasteiger partial charge < -0.3 is 4.74 Å². The highest BCUT2D eigenvalue weighted by atomic mass is 19.1. The Kier molecular flexibility index (Phi) is 4.58. The molecule has 0 saturated heterocycles. The summed E-state index contributed by atoms with van der Waals surface area (Å²) in [6.07, 6.45) is -0.274. The Balaban J connectivity index is 1.99. The number of carbonyl (C=O) groups excluding carboxylic acids is 1. The largest absolute Gasteiger partial charge is 0.366 e. The molecule has 0 aliphatic rings. The van der Waals surface area contributed by atoms with Crippen LogP contribution < -0.4 is 0 Å². The molecule has 2 aromatic rings. The maximum Gasteiger partial charge on any atom is 0.191 e. The monoisotopic (exact) mass is 276 g/mol. The highest BCUT2D eigenvalue weighted by molar-refractivity contribution is 5.97. The van der Waals surface area contributed by atoms with Crippen molar-refractivity contribution >= 4 is 5.78 Å². The normalized spacial score (nSPS) is 12.2. The maximum absolute atomic E-state index is 13.4. The lowest BCUT2D eigenvalue weighted by Gasteiger charge is -2.13. The lowest BCUT2D eigenvalue weighted by Crippen LogP contribution is -2.13. The molecule has 104 valence electrons. The van der Waals surface area contributed by atoms with Crippen LogP contribution in [0, 0.1) is 11.6 Å². The summed E-state index contributed by atoms with van der Waals surface area (Å²) in [6.45, 7) is 1.56. The summed E-state index contributed by atoms with van der Waals surface area (Å²) in [6, 6.07) is 12.3. The van der Waals surface area contributed by atoms with Crippen LogP contribution >= 0.6 is 0 Å². The van der Waals surface area contributed by atoms with Crippen molar-refractivity contribution in [2.24, 2.45) is 0 Å². The summed E-state index contributed by atoms with van der Waals surface area (Å²) in [5, 5.41) is 0. The molecule has 20 heavy (non-hydrogen) atoms. The van der Waals surface area contributed by atoms with Gasteiger partial charge in [-0.25, -0.2) is 8.78 Å². The molecule has 0 amide bonds. The molecule has 2 aromatic carbocycles. The molecular weight excluding hydrogens is 262 g/mol. The molecule has 0 saturated carbocycles. The Bertz CT molecular complexity index is 597. The quantitative estimate of drug-likeness (QED) is 0.773. The average Bonchev–Trinajstić information content (AvgIpc) is 2.45. The number of rotatable bonds is 5. The third-order valence-electron chi connectivity index (χ3n) is 2.96. The number of ketones is 1. The van der Waals surface area contributed by atoms with Crippen LogP contribution in [-0.4, -0.2) is 12.4 Å². The van der Waals surface area contributed by atoms with Crippen molar-refractivity contribution in [1.29, 1.82) is 0 Å². The van der Waals surface area contributed by atoms with Gasteiger partial charge in [-0.2, -0.15) is 0 Å². The van der Waals surface area contributed by atoms with E-state index >= 15 is 0 Å². The Hall–Kier alpha value is -2.07. The summed E-state index contributed by atoms with van der Waals surface area (Å²) in [5.41, 5.74) is 0.770. The van der Waals surface area contributed by atoms with E-state index in [9.17, 15) is 13.6 Å². The standard InChI is InChI=1S/C16H14F2O2/c1-11(12-5-3-2-4-6-12)20-10-16(19)14-8-7-13(17)9-15(14)18/h2-9,11H,10H2,1H3. The van der Waals surface area contributed by atoms with E-state index in [-0.39, 0.29) is 18.3 Å². The summed E-state index contributed by atoms with van der Waals surface area (Å²) < 4.78 is 31.6. The van der Waals surface area contributed by atoms with Crippen LogP contribution in [0.1, 0.15) is 28.9 Å². The molecule has 0 aliphatic carbocycles. The van der Waals surface area contributed by atoms with Crippen molar-refractivity contribution in [2.45, 2.75) is 13.0 Å². The fourth-order valence-electron chi connectivity index (χ4n) is 1.81. The summed E-state index contributed by atoms with van der Waals surface area (Å²) in [5.74, 6) is -2.09. The van der Waals surface area contributed by atoms with Crippen molar-refractivity contribution in [2.75, 3.05) is 6.61 Å². The van der Waals surface area contributed by atoms with Crippen LogP contribution in [0.5, 0.6) is 0 Å². The number of halogens is 2. The highest BCUT2D eigenvalue weighted by Crippen LogP contribution is 2.17. The SMILES string of the molecule is CC(OCC(=O)c1ccc(F)cc1F)c1ccccc1. The smallest absolute Gasteiger partial charge is 0.191 e. The molecule has 0 N–H and O–H groups in total. The molecule has 2 rings (SSSR count). The van der Waals surface area contributed by atoms with Gasteiger partial charge in [0.2, 0.25) is 0 Å². The average molecular weight is 276 g/mol. The van der Waals surface area contributed by atoms with Crippen LogP contribution in [-0.2, 0) is 4.74 Å². The lowest BCUT2D eigenvalue weighted by atomic mass is 10.1. The van der Waals surface area contributed by atoms with Crippen molar-refractivity contribution in [3.05, 3.63) is 71.3 Å². The minimum absolute atomic E-state index is 0.160. The van der Waals surface area contributed by atoms with E-state index in [1.54, 1.807) is 0 Å². The zero-order valence-electron chi connectivity index (χ0n) is 11.0. The predicted molar refractivity (Wildman–Crippen MR) is 71.5 cm³/mol. The first-order valence-electron chi connectivity index (χ1n) is 6.22. The van der Waals surface area contributed by atoms with Crippen LogP contribution in [0.25, 0.3) is 0 Å². The van der Waals surface area contributed by atoms with Gasteiger partial charge in [-0.1, -0.05) is 30.3 Å². The molecule has 0 fully saturated rings. The number of Topliss-reactive ketones (excluding diaryl/α,β-unsaturated/α-hetero) is 1. The van der Waals surface area contributed by atoms with E-state index < -0.39 is 17.4 Å². The Morgan fingerprint density at radius 1 is 1.15 bits per heavy atom.